The largest absolute Gasteiger partial charge is 0.393 e. The third-order valence-electron chi connectivity index (χ3n) is 2.51. The third kappa shape index (κ3) is 3.67. The van der Waals surface area contributed by atoms with E-state index in [9.17, 15) is 5.11 Å². The summed E-state index contributed by atoms with van der Waals surface area (Å²) in [5.74, 6) is 0.281. The van der Waals surface area contributed by atoms with E-state index in [0.29, 0.717) is 10.0 Å². The fourth-order valence-corrected chi connectivity index (χ4v) is 1.79. The molecule has 0 aliphatic heterocycles. The van der Waals surface area contributed by atoms with Crippen LogP contribution in [0.1, 0.15) is 25.8 Å². The van der Waals surface area contributed by atoms with Crippen molar-refractivity contribution in [3.8, 4) is 0 Å². The van der Waals surface area contributed by atoms with Gasteiger partial charge in [0.2, 0.25) is 0 Å². The lowest BCUT2D eigenvalue weighted by molar-refractivity contribution is 0.116. The van der Waals surface area contributed by atoms with Crippen molar-refractivity contribution in [1.29, 1.82) is 0 Å². The molecule has 1 aromatic rings. The summed E-state index contributed by atoms with van der Waals surface area (Å²) in [5.41, 5.74) is 1.00. The van der Waals surface area contributed by atoms with Crippen molar-refractivity contribution in [1.82, 2.24) is 0 Å². The maximum Gasteiger partial charge on any atom is 0.0624 e. The first-order valence-corrected chi connectivity index (χ1v) is 5.89. The fourth-order valence-electron chi connectivity index (χ4n) is 1.38. The molecule has 3 heteroatoms. The summed E-state index contributed by atoms with van der Waals surface area (Å²) >= 11 is 11.9. The molecule has 0 aliphatic carbocycles. The van der Waals surface area contributed by atoms with Gasteiger partial charge in [-0.2, -0.15) is 0 Å². The summed E-state index contributed by atoms with van der Waals surface area (Å²) in [6.07, 6.45) is 1.20. The van der Waals surface area contributed by atoms with Gasteiger partial charge in [0.05, 0.1) is 16.1 Å². The van der Waals surface area contributed by atoms with Gasteiger partial charge in [0.1, 0.15) is 0 Å². The van der Waals surface area contributed by atoms with E-state index in [1.165, 1.54) is 0 Å². The lowest BCUT2D eigenvalue weighted by atomic mass is 9.99. The number of rotatable bonds is 4. The highest BCUT2D eigenvalue weighted by atomic mass is 35.5. The molecule has 0 fully saturated rings. The van der Waals surface area contributed by atoms with E-state index in [4.69, 9.17) is 23.2 Å². The van der Waals surface area contributed by atoms with Crippen LogP contribution in [0.5, 0.6) is 0 Å². The van der Waals surface area contributed by atoms with Crippen LogP contribution in [0, 0.1) is 5.92 Å². The Bertz CT molecular complexity index is 323. The molecule has 1 atom stereocenters. The second kappa shape index (κ2) is 5.74. The Kier molecular flexibility index (Phi) is 4.91. The van der Waals surface area contributed by atoms with Crippen LogP contribution in [0.25, 0.3) is 0 Å². The summed E-state index contributed by atoms with van der Waals surface area (Å²) < 4.78 is 0. The van der Waals surface area contributed by atoms with Crippen LogP contribution < -0.4 is 0 Å². The molecule has 0 radical (unpaired) electrons. The molecule has 0 saturated heterocycles. The maximum absolute atomic E-state index is 9.67. The molecule has 15 heavy (non-hydrogen) atoms. The highest BCUT2D eigenvalue weighted by molar-refractivity contribution is 6.42. The number of aliphatic hydroxyl groups excluding tert-OH is 1. The van der Waals surface area contributed by atoms with Gasteiger partial charge in [-0.05, 0) is 30.4 Å². The van der Waals surface area contributed by atoms with Crippen LogP contribution in [-0.4, -0.2) is 11.2 Å². The van der Waals surface area contributed by atoms with Gasteiger partial charge in [-0.1, -0.05) is 49.2 Å². The van der Waals surface area contributed by atoms with Gasteiger partial charge in [0.15, 0.2) is 0 Å². The van der Waals surface area contributed by atoms with Crippen LogP contribution in [-0.2, 0) is 6.42 Å². The standard InChI is InChI=1S/C12H16Cl2O/c1-8(2)11(15)7-6-9-4-3-5-10(13)12(9)14/h3-5,8,11,15H,6-7H2,1-2H3. The molecule has 1 aromatic carbocycles. The molecule has 0 spiro atoms. The van der Waals surface area contributed by atoms with Crippen LogP contribution in [0.4, 0.5) is 0 Å². The Morgan fingerprint density at radius 3 is 2.53 bits per heavy atom. The van der Waals surface area contributed by atoms with E-state index in [1.807, 2.05) is 26.0 Å². The zero-order chi connectivity index (χ0) is 11.4. The van der Waals surface area contributed by atoms with Crippen LogP contribution >= 0.6 is 23.2 Å². The van der Waals surface area contributed by atoms with Crippen molar-refractivity contribution in [2.75, 3.05) is 0 Å². The Labute approximate surface area is 101 Å². The number of halogens is 2. The molecule has 0 bridgehead atoms. The molecular weight excluding hydrogens is 231 g/mol. The molecule has 1 nitrogen and oxygen atoms in total. The van der Waals surface area contributed by atoms with Crippen LogP contribution in [0.2, 0.25) is 10.0 Å². The van der Waals surface area contributed by atoms with Crippen LogP contribution in [0.15, 0.2) is 18.2 Å². The van der Waals surface area contributed by atoms with Gasteiger partial charge >= 0.3 is 0 Å². The molecular formula is C12H16Cl2O. The monoisotopic (exact) mass is 246 g/mol. The van der Waals surface area contributed by atoms with E-state index >= 15 is 0 Å². The first-order chi connectivity index (χ1) is 7.02. The molecule has 0 heterocycles. The number of hydrogen-bond acceptors (Lipinski definition) is 1. The Hall–Kier alpha value is -0.240. The van der Waals surface area contributed by atoms with Gasteiger partial charge in [0.25, 0.3) is 0 Å². The van der Waals surface area contributed by atoms with Gasteiger partial charge in [-0.25, -0.2) is 0 Å². The Morgan fingerprint density at radius 1 is 1.27 bits per heavy atom. The van der Waals surface area contributed by atoms with Crippen molar-refractivity contribution in [2.45, 2.75) is 32.8 Å². The predicted molar refractivity (Wildman–Crippen MR) is 65.6 cm³/mol. The second-order valence-corrected chi connectivity index (χ2v) is 4.85. The van der Waals surface area contributed by atoms with Gasteiger partial charge in [0, 0.05) is 0 Å². The van der Waals surface area contributed by atoms with Gasteiger partial charge in [-0.3, -0.25) is 0 Å². The average molecular weight is 247 g/mol. The molecule has 1 N–H and O–H groups in total. The molecule has 1 unspecified atom stereocenters. The number of aryl methyl sites for hydroxylation is 1. The van der Waals surface area contributed by atoms with Crippen molar-refractivity contribution in [2.24, 2.45) is 5.92 Å². The van der Waals surface area contributed by atoms with E-state index in [0.717, 1.165) is 18.4 Å². The lowest BCUT2D eigenvalue weighted by Crippen LogP contribution is -2.15. The quantitative estimate of drug-likeness (QED) is 0.854. The normalized spacial score (nSPS) is 13.2. The molecule has 0 amide bonds. The number of benzene rings is 1. The van der Waals surface area contributed by atoms with E-state index in [1.54, 1.807) is 6.07 Å². The zero-order valence-corrected chi connectivity index (χ0v) is 10.5. The maximum atomic E-state index is 9.67. The van der Waals surface area contributed by atoms with Gasteiger partial charge < -0.3 is 5.11 Å². The Balaban J connectivity index is 2.62. The zero-order valence-electron chi connectivity index (χ0n) is 9.00. The van der Waals surface area contributed by atoms with Crippen molar-refractivity contribution >= 4 is 23.2 Å². The summed E-state index contributed by atoms with van der Waals surface area (Å²) in [5, 5.41) is 10.9. The minimum atomic E-state index is -0.278. The fraction of sp³-hybridized carbons (Fsp3) is 0.500. The number of hydrogen-bond donors (Lipinski definition) is 1. The lowest BCUT2D eigenvalue weighted by Gasteiger charge is -2.14. The molecule has 84 valence electrons. The summed E-state index contributed by atoms with van der Waals surface area (Å²) in [6.45, 7) is 4.01. The highest BCUT2D eigenvalue weighted by Crippen LogP contribution is 2.27. The molecule has 1 rings (SSSR count). The predicted octanol–water partition coefficient (Wildman–Crippen LogP) is 3.94. The SMILES string of the molecule is CC(C)C(O)CCc1cccc(Cl)c1Cl. The van der Waals surface area contributed by atoms with Crippen molar-refractivity contribution in [3.05, 3.63) is 33.8 Å². The van der Waals surface area contributed by atoms with Crippen LogP contribution in [0.3, 0.4) is 0 Å². The van der Waals surface area contributed by atoms with Crippen molar-refractivity contribution in [3.63, 3.8) is 0 Å². The first-order valence-electron chi connectivity index (χ1n) is 5.13. The van der Waals surface area contributed by atoms with E-state index in [2.05, 4.69) is 0 Å². The molecule has 0 saturated carbocycles. The smallest absolute Gasteiger partial charge is 0.0624 e. The topological polar surface area (TPSA) is 20.2 Å². The average Bonchev–Trinajstić information content (AvgIpc) is 2.19. The molecule has 0 aromatic heterocycles. The number of aliphatic hydroxyl groups is 1. The highest BCUT2D eigenvalue weighted by Gasteiger charge is 2.11. The summed E-state index contributed by atoms with van der Waals surface area (Å²) in [6, 6.07) is 5.60. The Morgan fingerprint density at radius 2 is 1.93 bits per heavy atom. The minimum Gasteiger partial charge on any atom is -0.393 e. The van der Waals surface area contributed by atoms with Crippen molar-refractivity contribution < 1.29 is 5.11 Å². The van der Waals surface area contributed by atoms with E-state index in [-0.39, 0.29) is 12.0 Å². The minimum absolute atomic E-state index is 0.278. The van der Waals surface area contributed by atoms with Gasteiger partial charge in [-0.15, -0.1) is 0 Å². The summed E-state index contributed by atoms with van der Waals surface area (Å²) in [7, 11) is 0. The summed E-state index contributed by atoms with van der Waals surface area (Å²) in [4.78, 5) is 0. The third-order valence-corrected chi connectivity index (χ3v) is 3.37. The van der Waals surface area contributed by atoms with E-state index < -0.39 is 0 Å². The second-order valence-electron chi connectivity index (χ2n) is 4.06. The first kappa shape index (κ1) is 12.8. The molecule has 0 aliphatic rings.